The molecule has 0 atom stereocenters. The fourth-order valence-corrected chi connectivity index (χ4v) is 1.59. The van der Waals surface area contributed by atoms with Gasteiger partial charge in [-0.05, 0) is 13.0 Å². The second-order valence-corrected chi connectivity index (χ2v) is 3.72. The van der Waals surface area contributed by atoms with Gasteiger partial charge in [0.1, 0.15) is 6.33 Å². The lowest BCUT2D eigenvalue weighted by Crippen LogP contribution is -2.05. The van der Waals surface area contributed by atoms with E-state index in [4.69, 9.17) is 0 Å². The van der Waals surface area contributed by atoms with E-state index in [2.05, 4.69) is 25.2 Å². The summed E-state index contributed by atoms with van der Waals surface area (Å²) in [5.74, 6) is 1.16. The molecule has 0 aromatic carbocycles. The molecule has 0 aliphatic carbocycles. The minimum absolute atomic E-state index is 0.530. The second kappa shape index (κ2) is 3.89. The van der Waals surface area contributed by atoms with Gasteiger partial charge in [-0.3, -0.25) is 4.57 Å². The molecule has 0 fully saturated rings. The molecule has 0 saturated carbocycles. The SMILES string of the molecule is Cc1cn(C2=NCc3cccnc3N=N2)cn1. The van der Waals surface area contributed by atoms with Gasteiger partial charge in [0, 0.05) is 18.0 Å². The number of pyridine rings is 1. The molecule has 84 valence electrons. The first kappa shape index (κ1) is 9.83. The van der Waals surface area contributed by atoms with Gasteiger partial charge in [-0.15, -0.1) is 10.2 Å². The summed E-state index contributed by atoms with van der Waals surface area (Å²) in [5, 5.41) is 8.17. The number of hydrogen-bond donors (Lipinski definition) is 0. The summed E-state index contributed by atoms with van der Waals surface area (Å²) in [4.78, 5) is 12.7. The predicted octanol–water partition coefficient (Wildman–Crippen LogP) is 2.09. The number of aryl methyl sites for hydroxylation is 1. The Morgan fingerprint density at radius 2 is 2.18 bits per heavy atom. The summed E-state index contributed by atoms with van der Waals surface area (Å²) in [6.45, 7) is 2.45. The molecule has 0 saturated heterocycles. The maximum atomic E-state index is 4.39. The van der Waals surface area contributed by atoms with Gasteiger partial charge >= 0.3 is 0 Å². The number of rotatable bonds is 0. The smallest absolute Gasteiger partial charge is 0.250 e. The summed E-state index contributed by atoms with van der Waals surface area (Å²) in [6, 6.07) is 3.82. The Morgan fingerprint density at radius 3 is 3.00 bits per heavy atom. The molecule has 6 nitrogen and oxygen atoms in total. The third kappa shape index (κ3) is 1.84. The fourth-order valence-electron chi connectivity index (χ4n) is 1.59. The largest absolute Gasteiger partial charge is 0.273 e. The third-order valence-corrected chi connectivity index (χ3v) is 2.44. The Hall–Kier alpha value is -2.37. The molecule has 3 heterocycles. The Labute approximate surface area is 97.8 Å². The van der Waals surface area contributed by atoms with Crippen LogP contribution in [0.1, 0.15) is 11.3 Å². The summed E-state index contributed by atoms with van der Waals surface area (Å²) < 4.78 is 1.75. The van der Waals surface area contributed by atoms with E-state index in [0.29, 0.717) is 18.3 Å². The van der Waals surface area contributed by atoms with Crippen LogP contribution in [0.2, 0.25) is 0 Å². The standard InChI is InChI=1S/C11H10N6/c1-8-6-17(7-14-8)11-13-5-9-3-2-4-12-10(9)15-16-11/h2-4,6-7H,5H2,1H3. The van der Waals surface area contributed by atoms with E-state index < -0.39 is 0 Å². The number of aromatic nitrogens is 3. The van der Waals surface area contributed by atoms with E-state index in [1.165, 1.54) is 0 Å². The van der Waals surface area contributed by atoms with Crippen LogP contribution in [0.25, 0.3) is 0 Å². The van der Waals surface area contributed by atoms with Crippen molar-refractivity contribution in [2.75, 3.05) is 0 Å². The normalized spacial score (nSPS) is 14.1. The van der Waals surface area contributed by atoms with E-state index in [-0.39, 0.29) is 0 Å². The van der Waals surface area contributed by atoms with Crippen molar-refractivity contribution in [3.05, 3.63) is 42.1 Å². The Morgan fingerprint density at radius 1 is 1.24 bits per heavy atom. The predicted molar refractivity (Wildman–Crippen MR) is 62.3 cm³/mol. The molecular weight excluding hydrogens is 216 g/mol. The molecule has 0 amide bonds. The summed E-state index contributed by atoms with van der Waals surface area (Å²) in [5.41, 5.74) is 1.89. The first-order chi connectivity index (χ1) is 8.33. The van der Waals surface area contributed by atoms with Crippen LogP contribution in [-0.2, 0) is 6.54 Å². The van der Waals surface area contributed by atoms with Crippen LogP contribution in [-0.4, -0.2) is 20.5 Å². The lowest BCUT2D eigenvalue weighted by molar-refractivity contribution is 1.01. The molecule has 17 heavy (non-hydrogen) atoms. The van der Waals surface area contributed by atoms with E-state index in [0.717, 1.165) is 11.3 Å². The zero-order valence-corrected chi connectivity index (χ0v) is 9.28. The van der Waals surface area contributed by atoms with Gasteiger partial charge in [0.25, 0.3) is 5.96 Å². The van der Waals surface area contributed by atoms with Crippen molar-refractivity contribution in [3.8, 4) is 0 Å². The maximum absolute atomic E-state index is 4.39. The first-order valence-electron chi connectivity index (χ1n) is 5.24. The van der Waals surface area contributed by atoms with Crippen molar-refractivity contribution < 1.29 is 0 Å². The van der Waals surface area contributed by atoms with Crippen molar-refractivity contribution >= 4 is 11.8 Å². The highest BCUT2D eigenvalue weighted by molar-refractivity contribution is 5.83. The molecule has 0 radical (unpaired) electrons. The van der Waals surface area contributed by atoms with E-state index >= 15 is 0 Å². The van der Waals surface area contributed by atoms with Gasteiger partial charge in [-0.2, -0.15) is 0 Å². The molecule has 0 bridgehead atoms. The van der Waals surface area contributed by atoms with Gasteiger partial charge in [-0.25, -0.2) is 15.0 Å². The maximum Gasteiger partial charge on any atom is 0.250 e. The van der Waals surface area contributed by atoms with Crippen molar-refractivity contribution in [2.45, 2.75) is 13.5 Å². The van der Waals surface area contributed by atoms with Crippen LogP contribution >= 0.6 is 0 Å². The van der Waals surface area contributed by atoms with Crippen LogP contribution in [0, 0.1) is 6.92 Å². The third-order valence-electron chi connectivity index (χ3n) is 2.44. The highest BCUT2D eigenvalue weighted by Gasteiger charge is 2.09. The fraction of sp³-hybridized carbons (Fsp3) is 0.182. The molecule has 3 rings (SSSR count). The monoisotopic (exact) mass is 226 g/mol. The Balaban J connectivity index is 1.99. The Bertz CT molecular complexity index is 610. The molecule has 1 aliphatic rings. The molecule has 0 spiro atoms. The average Bonchev–Trinajstić information content (AvgIpc) is 2.66. The van der Waals surface area contributed by atoms with Crippen LogP contribution in [0.4, 0.5) is 5.82 Å². The minimum Gasteiger partial charge on any atom is -0.273 e. The van der Waals surface area contributed by atoms with Crippen molar-refractivity contribution in [1.29, 1.82) is 0 Å². The zero-order valence-electron chi connectivity index (χ0n) is 9.28. The lowest BCUT2D eigenvalue weighted by atomic mass is 10.2. The molecule has 2 aromatic rings. The van der Waals surface area contributed by atoms with Crippen molar-refractivity contribution in [3.63, 3.8) is 0 Å². The van der Waals surface area contributed by atoms with Crippen molar-refractivity contribution in [1.82, 2.24) is 14.5 Å². The van der Waals surface area contributed by atoms with Crippen LogP contribution < -0.4 is 0 Å². The number of fused-ring (bicyclic) bond motifs is 1. The molecule has 6 heteroatoms. The summed E-state index contributed by atoms with van der Waals surface area (Å²) >= 11 is 0. The number of imidazole rings is 1. The minimum atomic E-state index is 0.530. The molecule has 2 aromatic heterocycles. The van der Waals surface area contributed by atoms with Gasteiger partial charge in [0.2, 0.25) is 0 Å². The summed E-state index contributed by atoms with van der Waals surface area (Å²) in [6.07, 6.45) is 5.24. The number of hydrogen-bond acceptors (Lipinski definition) is 5. The van der Waals surface area contributed by atoms with Crippen molar-refractivity contribution in [2.24, 2.45) is 15.2 Å². The van der Waals surface area contributed by atoms with Crippen LogP contribution in [0.15, 0.2) is 46.1 Å². The summed E-state index contributed by atoms with van der Waals surface area (Å²) in [7, 11) is 0. The number of aliphatic imine (C=N–C) groups is 1. The molecule has 0 unspecified atom stereocenters. The lowest BCUT2D eigenvalue weighted by Gasteiger charge is -1.97. The van der Waals surface area contributed by atoms with E-state index in [9.17, 15) is 0 Å². The van der Waals surface area contributed by atoms with Crippen LogP contribution in [0.3, 0.4) is 0 Å². The first-order valence-corrected chi connectivity index (χ1v) is 5.24. The number of nitrogens with zero attached hydrogens (tertiary/aromatic N) is 6. The number of azo groups is 1. The quantitative estimate of drug-likeness (QED) is 0.690. The second-order valence-electron chi connectivity index (χ2n) is 3.72. The van der Waals surface area contributed by atoms with Gasteiger partial charge in [0.15, 0.2) is 5.82 Å². The van der Waals surface area contributed by atoms with Crippen LogP contribution in [0.5, 0.6) is 0 Å². The molecule has 1 aliphatic heterocycles. The van der Waals surface area contributed by atoms with Gasteiger partial charge in [-0.1, -0.05) is 6.07 Å². The molecular formula is C11H10N6. The van der Waals surface area contributed by atoms with E-state index in [1.807, 2.05) is 25.3 Å². The average molecular weight is 226 g/mol. The molecule has 0 N–H and O–H groups in total. The Kier molecular flexibility index (Phi) is 2.25. The van der Waals surface area contributed by atoms with E-state index in [1.54, 1.807) is 17.1 Å². The van der Waals surface area contributed by atoms with Gasteiger partial charge in [0.05, 0.1) is 12.2 Å². The zero-order chi connectivity index (χ0) is 11.7. The highest BCUT2D eigenvalue weighted by Crippen LogP contribution is 2.19. The highest BCUT2D eigenvalue weighted by atomic mass is 15.3. The van der Waals surface area contributed by atoms with Gasteiger partial charge < -0.3 is 0 Å². The topological polar surface area (TPSA) is 67.8 Å².